The normalized spacial score (nSPS) is 28.6. The van der Waals surface area contributed by atoms with E-state index in [0.29, 0.717) is 0 Å². The van der Waals surface area contributed by atoms with E-state index in [1.807, 2.05) is 0 Å². The van der Waals surface area contributed by atoms with Gasteiger partial charge in [-0.05, 0) is 0 Å². The predicted molar refractivity (Wildman–Crippen MR) is 77.7 cm³/mol. The first-order valence-electron chi connectivity index (χ1n) is 7.36. The van der Waals surface area contributed by atoms with Crippen LogP contribution in [-0.4, -0.2) is 66.3 Å². The van der Waals surface area contributed by atoms with E-state index < -0.39 is 54.5 Å². The van der Waals surface area contributed by atoms with Crippen molar-refractivity contribution in [3.05, 3.63) is 0 Å². The average Bonchev–Trinajstić information content (AvgIpc) is 2.48. The quantitative estimate of drug-likeness (QED) is 0.264. The van der Waals surface area contributed by atoms with E-state index >= 15 is 0 Å². The van der Waals surface area contributed by atoms with Gasteiger partial charge in [-0.1, -0.05) is 0 Å². The molecule has 0 aliphatic carbocycles. The van der Waals surface area contributed by atoms with Gasteiger partial charge in [-0.2, -0.15) is 0 Å². The second-order valence-corrected chi connectivity index (χ2v) is 5.33. The molecule has 2 N–H and O–H groups in total. The lowest BCUT2D eigenvalue weighted by molar-refractivity contribution is -0.387. The van der Waals surface area contributed by atoms with E-state index in [-0.39, 0.29) is 6.61 Å². The van der Waals surface area contributed by atoms with Crippen molar-refractivity contribution in [1.82, 2.24) is 5.32 Å². The Bertz CT molecular complexity index is 522. The first kappa shape index (κ1) is 20.8. The Kier molecular flexibility index (Phi) is 7.74. The maximum absolute atomic E-state index is 11.4. The van der Waals surface area contributed by atoms with Crippen LogP contribution in [0.2, 0.25) is 0 Å². The summed E-state index contributed by atoms with van der Waals surface area (Å²) < 4.78 is 20.5. The number of hydrogen-bond donors (Lipinski definition) is 2. The van der Waals surface area contributed by atoms with E-state index in [4.69, 9.17) is 24.2 Å². The molecule has 1 aliphatic rings. The largest absolute Gasteiger partial charge is 0.463 e. The fourth-order valence-electron chi connectivity index (χ4n) is 2.38. The molecule has 1 rings (SSSR count). The van der Waals surface area contributed by atoms with E-state index in [1.165, 1.54) is 6.92 Å². The van der Waals surface area contributed by atoms with Crippen molar-refractivity contribution in [1.29, 1.82) is 0 Å². The zero-order valence-corrected chi connectivity index (χ0v) is 14.2. The monoisotopic (exact) mass is 363 g/mol. The number of ether oxygens (including phenoxy) is 4. The minimum Gasteiger partial charge on any atom is -0.463 e. The van der Waals surface area contributed by atoms with Crippen LogP contribution < -0.4 is 5.32 Å². The minimum atomic E-state index is -1.46. The van der Waals surface area contributed by atoms with E-state index in [0.717, 1.165) is 20.8 Å². The van der Waals surface area contributed by atoms with Crippen LogP contribution >= 0.6 is 0 Å². The van der Waals surface area contributed by atoms with Crippen LogP contribution in [0.25, 0.3) is 0 Å². The van der Waals surface area contributed by atoms with E-state index in [9.17, 15) is 19.2 Å². The highest BCUT2D eigenvalue weighted by atomic mass is 17.1. The molecule has 0 aromatic carbocycles. The molecule has 0 aromatic heterocycles. The van der Waals surface area contributed by atoms with E-state index in [2.05, 4.69) is 10.2 Å². The molecule has 0 saturated carbocycles. The van der Waals surface area contributed by atoms with Gasteiger partial charge in [0.2, 0.25) is 12.2 Å². The number of nitrogens with one attached hydrogen (secondary N) is 1. The summed E-state index contributed by atoms with van der Waals surface area (Å²) in [5.41, 5.74) is 0. The maximum atomic E-state index is 11.4. The molecule has 11 heteroatoms. The molecule has 0 aromatic rings. The molecular formula is C14H21NO10. The molecule has 0 bridgehead atoms. The molecule has 0 radical (unpaired) electrons. The van der Waals surface area contributed by atoms with Gasteiger partial charge in [0.15, 0.2) is 12.2 Å². The van der Waals surface area contributed by atoms with Crippen molar-refractivity contribution in [2.24, 2.45) is 0 Å². The van der Waals surface area contributed by atoms with Gasteiger partial charge in [0, 0.05) is 27.7 Å². The molecule has 1 heterocycles. The van der Waals surface area contributed by atoms with Crippen LogP contribution in [0.1, 0.15) is 27.7 Å². The van der Waals surface area contributed by atoms with Gasteiger partial charge in [0.25, 0.3) is 0 Å². The molecular weight excluding hydrogens is 342 g/mol. The fourth-order valence-corrected chi connectivity index (χ4v) is 2.38. The van der Waals surface area contributed by atoms with Crippen molar-refractivity contribution in [2.45, 2.75) is 58.3 Å². The first-order chi connectivity index (χ1) is 11.6. The number of amides is 1. The van der Waals surface area contributed by atoms with Crippen molar-refractivity contribution < 1.29 is 48.3 Å². The van der Waals surface area contributed by atoms with Crippen molar-refractivity contribution in [2.75, 3.05) is 6.61 Å². The Hall–Kier alpha value is -2.24. The second-order valence-electron chi connectivity index (χ2n) is 5.33. The summed E-state index contributed by atoms with van der Waals surface area (Å²) >= 11 is 0. The summed E-state index contributed by atoms with van der Waals surface area (Å²) in [5.74, 6) is -2.61. The zero-order valence-electron chi connectivity index (χ0n) is 14.2. The third-order valence-corrected chi connectivity index (χ3v) is 3.18. The molecule has 1 fully saturated rings. The number of carbonyl (C=O) groups is 4. The molecule has 25 heavy (non-hydrogen) atoms. The lowest BCUT2D eigenvalue weighted by atomic mass is 9.96. The topological polar surface area (TPSA) is 147 Å². The Morgan fingerprint density at radius 3 is 1.96 bits per heavy atom. The summed E-state index contributed by atoms with van der Waals surface area (Å²) in [6.07, 6.45) is -5.04. The third kappa shape index (κ3) is 6.29. The van der Waals surface area contributed by atoms with Gasteiger partial charge in [-0.15, -0.1) is 0 Å². The van der Waals surface area contributed by atoms with Gasteiger partial charge in [-0.3, -0.25) is 19.2 Å². The zero-order chi connectivity index (χ0) is 19.1. The number of carbonyl (C=O) groups excluding carboxylic acids is 4. The predicted octanol–water partition coefficient (Wildman–Crippen LogP) is -0.868. The van der Waals surface area contributed by atoms with Crippen molar-refractivity contribution in [3.8, 4) is 0 Å². The van der Waals surface area contributed by atoms with Crippen LogP contribution in [0, 0.1) is 0 Å². The highest BCUT2D eigenvalue weighted by molar-refractivity contribution is 5.73. The van der Waals surface area contributed by atoms with Crippen LogP contribution in [-0.2, 0) is 43.0 Å². The standard InChI is InChI=1S/C14H21NO10/c1-6(16)15-11-13(23-9(4)19)12(22-8(3)18)10(5-21-7(2)17)24-14(11)25-20/h10-14,20H,5H2,1-4H3,(H,15,16)/t10?,11?,12-,13?,14+/m1/s1. The Morgan fingerprint density at radius 2 is 1.52 bits per heavy atom. The van der Waals surface area contributed by atoms with E-state index in [1.54, 1.807) is 0 Å². The molecule has 0 spiro atoms. The highest BCUT2D eigenvalue weighted by Crippen LogP contribution is 2.27. The fraction of sp³-hybridized carbons (Fsp3) is 0.714. The SMILES string of the molecule is CC(=O)NC1C(OC(C)=O)[C@H](OC(C)=O)C(COC(C)=O)O[C@H]1OO. The number of esters is 3. The Labute approximate surface area is 143 Å². The third-order valence-electron chi connectivity index (χ3n) is 3.18. The van der Waals surface area contributed by atoms with Crippen LogP contribution in [0.3, 0.4) is 0 Å². The first-order valence-corrected chi connectivity index (χ1v) is 7.36. The highest BCUT2D eigenvalue weighted by Gasteiger charge is 2.51. The van der Waals surface area contributed by atoms with Crippen molar-refractivity contribution >= 4 is 23.8 Å². The molecule has 5 atom stereocenters. The minimum absolute atomic E-state index is 0.363. The van der Waals surface area contributed by atoms with Crippen molar-refractivity contribution in [3.63, 3.8) is 0 Å². The summed E-state index contributed by atoms with van der Waals surface area (Å²) in [6.45, 7) is 4.22. The van der Waals surface area contributed by atoms with Crippen LogP contribution in [0.5, 0.6) is 0 Å². The Balaban J connectivity index is 3.18. The second kappa shape index (κ2) is 9.30. The number of hydrogen-bond acceptors (Lipinski definition) is 10. The molecule has 142 valence electrons. The van der Waals surface area contributed by atoms with Gasteiger partial charge >= 0.3 is 17.9 Å². The summed E-state index contributed by atoms with van der Waals surface area (Å²) in [6, 6.07) is -1.18. The van der Waals surface area contributed by atoms with Gasteiger partial charge in [-0.25, -0.2) is 10.1 Å². The maximum Gasteiger partial charge on any atom is 0.303 e. The number of rotatable bonds is 6. The molecule has 3 unspecified atom stereocenters. The van der Waals surface area contributed by atoms with Gasteiger partial charge in [0.05, 0.1) is 0 Å². The van der Waals surface area contributed by atoms with Gasteiger partial charge in [0.1, 0.15) is 18.8 Å². The summed E-state index contributed by atoms with van der Waals surface area (Å²) in [7, 11) is 0. The Morgan fingerprint density at radius 1 is 0.960 bits per heavy atom. The smallest absolute Gasteiger partial charge is 0.303 e. The summed E-state index contributed by atoms with van der Waals surface area (Å²) in [4.78, 5) is 49.5. The lowest BCUT2D eigenvalue weighted by Crippen LogP contribution is -2.66. The molecule has 1 amide bonds. The van der Waals surface area contributed by atoms with Crippen LogP contribution in [0.4, 0.5) is 0 Å². The molecule has 1 saturated heterocycles. The molecule has 1 aliphatic heterocycles. The molecule has 11 nitrogen and oxygen atoms in total. The average molecular weight is 363 g/mol. The summed E-state index contributed by atoms with van der Waals surface area (Å²) in [5, 5.41) is 11.5. The lowest BCUT2D eigenvalue weighted by Gasteiger charge is -2.43. The van der Waals surface area contributed by atoms with Gasteiger partial charge < -0.3 is 24.3 Å². The van der Waals surface area contributed by atoms with Crippen LogP contribution in [0.15, 0.2) is 0 Å².